The summed E-state index contributed by atoms with van der Waals surface area (Å²) in [6.45, 7) is 4.05. The number of nitrogens with zero attached hydrogens (tertiary/aromatic N) is 3. The second-order valence-electron chi connectivity index (χ2n) is 6.34. The van der Waals surface area contributed by atoms with E-state index in [1.54, 1.807) is 35.2 Å². The van der Waals surface area contributed by atoms with Crippen molar-refractivity contribution in [3.63, 3.8) is 0 Å². The van der Waals surface area contributed by atoms with Gasteiger partial charge in [0.2, 0.25) is 5.91 Å². The van der Waals surface area contributed by atoms with Gasteiger partial charge in [-0.1, -0.05) is 11.6 Å². The Kier molecular flexibility index (Phi) is 3.62. The molecule has 0 unspecified atom stereocenters. The number of fused-ring (bicyclic) bond motifs is 1. The quantitative estimate of drug-likeness (QED) is 0.658. The molecule has 2 aromatic carbocycles. The van der Waals surface area contributed by atoms with Crippen molar-refractivity contribution in [1.82, 2.24) is 9.55 Å². The van der Waals surface area contributed by atoms with Gasteiger partial charge in [-0.3, -0.25) is 9.59 Å². The highest BCUT2D eigenvalue weighted by atomic mass is 35.5. The van der Waals surface area contributed by atoms with E-state index < -0.39 is 6.04 Å². The van der Waals surface area contributed by atoms with Crippen molar-refractivity contribution in [3.8, 4) is 0 Å². The minimum Gasteiger partial charge on any atom is -0.317 e. The summed E-state index contributed by atoms with van der Waals surface area (Å²) in [4.78, 5) is 31.0. The molecule has 0 saturated carbocycles. The van der Waals surface area contributed by atoms with Gasteiger partial charge in [-0.25, -0.2) is 9.88 Å². The predicted octanol–water partition coefficient (Wildman–Crippen LogP) is 3.81. The molecule has 6 heteroatoms. The van der Waals surface area contributed by atoms with Gasteiger partial charge in [0.25, 0.3) is 5.91 Å². The number of anilines is 1. The summed E-state index contributed by atoms with van der Waals surface area (Å²) in [6, 6.07) is 10.1. The van der Waals surface area contributed by atoms with Crippen LogP contribution in [0.15, 0.2) is 42.7 Å². The standard InChI is InChI=1S/C19H16ClN3O2/c1-11-7-15-16(8-12(11)2)22(10-21-15)17-9-18(24)23(19(17)25)14-5-3-13(20)4-6-14/h3-8,10,17H,9H2,1-2H3/t17-/m1/s1. The Bertz CT molecular complexity index is 1010. The summed E-state index contributed by atoms with van der Waals surface area (Å²) in [5, 5.41) is 0.561. The third-order valence-corrected chi connectivity index (χ3v) is 4.99. The van der Waals surface area contributed by atoms with Crippen molar-refractivity contribution in [2.24, 2.45) is 0 Å². The first-order valence-corrected chi connectivity index (χ1v) is 8.39. The second kappa shape index (κ2) is 5.70. The number of halogens is 1. The van der Waals surface area contributed by atoms with Crippen LogP contribution in [0.5, 0.6) is 0 Å². The first-order valence-electron chi connectivity index (χ1n) is 8.02. The van der Waals surface area contributed by atoms with Gasteiger partial charge in [0, 0.05) is 5.02 Å². The van der Waals surface area contributed by atoms with E-state index in [0.717, 1.165) is 22.2 Å². The zero-order chi connectivity index (χ0) is 17.7. The minimum atomic E-state index is -0.574. The minimum absolute atomic E-state index is 0.125. The molecule has 5 nitrogen and oxygen atoms in total. The maximum Gasteiger partial charge on any atom is 0.257 e. The Hall–Kier alpha value is -2.66. The number of rotatable bonds is 2. The van der Waals surface area contributed by atoms with Crippen molar-refractivity contribution in [2.45, 2.75) is 26.3 Å². The maximum atomic E-state index is 12.9. The number of hydrogen-bond donors (Lipinski definition) is 0. The summed E-state index contributed by atoms with van der Waals surface area (Å²) in [5.74, 6) is -0.465. The third kappa shape index (κ3) is 2.51. The number of imidazole rings is 1. The second-order valence-corrected chi connectivity index (χ2v) is 6.78. The molecule has 1 aliphatic heterocycles. The average Bonchev–Trinajstić information content (AvgIpc) is 3.10. The van der Waals surface area contributed by atoms with Gasteiger partial charge in [-0.2, -0.15) is 0 Å². The highest BCUT2D eigenvalue weighted by Gasteiger charge is 2.41. The number of aryl methyl sites for hydroxylation is 2. The molecule has 0 spiro atoms. The Morgan fingerprint density at radius 2 is 1.76 bits per heavy atom. The van der Waals surface area contributed by atoms with Crippen LogP contribution in [0.3, 0.4) is 0 Å². The number of imide groups is 1. The van der Waals surface area contributed by atoms with Gasteiger partial charge < -0.3 is 4.57 Å². The molecule has 1 aromatic heterocycles. The van der Waals surface area contributed by atoms with E-state index in [9.17, 15) is 9.59 Å². The average molecular weight is 354 g/mol. The van der Waals surface area contributed by atoms with E-state index in [2.05, 4.69) is 4.98 Å². The van der Waals surface area contributed by atoms with Crippen LogP contribution in [-0.4, -0.2) is 21.4 Å². The first kappa shape index (κ1) is 15.8. The number of carbonyl (C=O) groups is 2. The lowest BCUT2D eigenvalue weighted by Gasteiger charge is -2.16. The van der Waals surface area contributed by atoms with Crippen molar-refractivity contribution < 1.29 is 9.59 Å². The van der Waals surface area contributed by atoms with Crippen LogP contribution in [0, 0.1) is 13.8 Å². The van der Waals surface area contributed by atoms with E-state index in [0.29, 0.717) is 10.7 Å². The Labute approximate surface area is 149 Å². The van der Waals surface area contributed by atoms with E-state index in [1.165, 1.54) is 4.90 Å². The van der Waals surface area contributed by atoms with Crippen molar-refractivity contribution in [1.29, 1.82) is 0 Å². The zero-order valence-corrected chi connectivity index (χ0v) is 14.6. The summed E-state index contributed by atoms with van der Waals surface area (Å²) in [5.41, 5.74) is 4.51. The Balaban J connectivity index is 1.75. The third-order valence-electron chi connectivity index (χ3n) is 4.73. The number of hydrogen-bond acceptors (Lipinski definition) is 3. The summed E-state index contributed by atoms with van der Waals surface area (Å²) < 4.78 is 1.80. The van der Waals surface area contributed by atoms with Crippen LogP contribution in [0.4, 0.5) is 5.69 Å². The van der Waals surface area contributed by atoms with Crippen molar-refractivity contribution in [3.05, 3.63) is 58.9 Å². The summed E-state index contributed by atoms with van der Waals surface area (Å²) in [7, 11) is 0. The van der Waals surface area contributed by atoms with Crippen LogP contribution in [0.25, 0.3) is 11.0 Å². The molecule has 1 saturated heterocycles. The fraction of sp³-hybridized carbons (Fsp3) is 0.211. The molecule has 2 amide bonds. The molecule has 4 rings (SSSR count). The van der Waals surface area contributed by atoms with Gasteiger partial charge in [0.1, 0.15) is 6.04 Å². The Morgan fingerprint density at radius 1 is 1.08 bits per heavy atom. The Morgan fingerprint density at radius 3 is 2.48 bits per heavy atom. The number of amides is 2. The van der Waals surface area contributed by atoms with E-state index in [4.69, 9.17) is 11.6 Å². The lowest BCUT2D eigenvalue weighted by Crippen LogP contribution is -2.30. The zero-order valence-electron chi connectivity index (χ0n) is 13.9. The molecule has 0 aliphatic carbocycles. The number of benzene rings is 2. The fourth-order valence-corrected chi connectivity index (χ4v) is 3.35. The number of aromatic nitrogens is 2. The largest absolute Gasteiger partial charge is 0.317 e. The van der Waals surface area contributed by atoms with E-state index in [1.807, 2.05) is 26.0 Å². The molecule has 0 N–H and O–H groups in total. The van der Waals surface area contributed by atoms with Crippen LogP contribution < -0.4 is 4.90 Å². The molecule has 3 aromatic rings. The van der Waals surface area contributed by atoms with Crippen LogP contribution in [0.2, 0.25) is 5.02 Å². The predicted molar refractivity (Wildman–Crippen MR) is 96.8 cm³/mol. The van der Waals surface area contributed by atoms with Crippen LogP contribution in [-0.2, 0) is 9.59 Å². The van der Waals surface area contributed by atoms with Gasteiger partial charge >= 0.3 is 0 Å². The normalized spacial score (nSPS) is 17.7. The maximum absolute atomic E-state index is 12.9. The van der Waals surface area contributed by atoms with E-state index >= 15 is 0 Å². The fourth-order valence-electron chi connectivity index (χ4n) is 3.23. The molecular formula is C19H16ClN3O2. The molecule has 1 aliphatic rings. The van der Waals surface area contributed by atoms with Crippen molar-refractivity contribution >= 4 is 40.1 Å². The summed E-state index contributed by atoms with van der Waals surface area (Å²) in [6.07, 6.45) is 1.77. The molecule has 0 radical (unpaired) electrons. The van der Waals surface area contributed by atoms with Crippen LogP contribution >= 0.6 is 11.6 Å². The van der Waals surface area contributed by atoms with Gasteiger partial charge in [-0.05, 0) is 61.4 Å². The molecule has 0 bridgehead atoms. The first-order chi connectivity index (χ1) is 12.0. The molecular weight excluding hydrogens is 338 g/mol. The smallest absolute Gasteiger partial charge is 0.257 e. The number of carbonyl (C=O) groups excluding carboxylic acids is 2. The lowest BCUT2D eigenvalue weighted by atomic mass is 10.1. The van der Waals surface area contributed by atoms with E-state index in [-0.39, 0.29) is 18.2 Å². The molecule has 1 fully saturated rings. The van der Waals surface area contributed by atoms with Crippen LogP contribution in [0.1, 0.15) is 23.6 Å². The summed E-state index contributed by atoms with van der Waals surface area (Å²) >= 11 is 5.89. The SMILES string of the molecule is Cc1cc2ncn([C@@H]3CC(=O)N(c4ccc(Cl)cc4)C3=O)c2cc1C. The van der Waals surface area contributed by atoms with Crippen molar-refractivity contribution in [2.75, 3.05) is 4.90 Å². The van der Waals surface area contributed by atoms with Gasteiger partial charge in [0.15, 0.2) is 0 Å². The lowest BCUT2D eigenvalue weighted by molar-refractivity contribution is -0.122. The molecule has 126 valence electrons. The topological polar surface area (TPSA) is 55.2 Å². The molecule has 25 heavy (non-hydrogen) atoms. The highest BCUT2D eigenvalue weighted by molar-refractivity contribution is 6.30. The van der Waals surface area contributed by atoms with Gasteiger partial charge in [-0.15, -0.1) is 0 Å². The molecule has 1 atom stereocenters. The monoisotopic (exact) mass is 353 g/mol. The van der Waals surface area contributed by atoms with Gasteiger partial charge in [0.05, 0.1) is 29.5 Å². The highest BCUT2D eigenvalue weighted by Crippen LogP contribution is 2.32. The molecule has 2 heterocycles.